The molecule has 5 heteroatoms. The molecule has 1 atom stereocenters. The summed E-state index contributed by atoms with van der Waals surface area (Å²) in [5, 5.41) is 12.1. The SMILES string of the molecule is CC(O)C(C)(C)NC(=O)c1ccc(Br)c(F)c1. The van der Waals surface area contributed by atoms with Gasteiger partial charge in [0.1, 0.15) is 5.82 Å². The number of benzene rings is 1. The summed E-state index contributed by atoms with van der Waals surface area (Å²) in [4.78, 5) is 11.8. The Balaban J connectivity index is 2.87. The molecule has 2 N–H and O–H groups in total. The molecule has 0 aliphatic carbocycles. The van der Waals surface area contributed by atoms with Gasteiger partial charge in [-0.3, -0.25) is 4.79 Å². The average Bonchev–Trinajstić information content (AvgIpc) is 2.21. The van der Waals surface area contributed by atoms with Crippen LogP contribution in [-0.4, -0.2) is 22.7 Å². The second-order valence-corrected chi connectivity index (χ2v) is 5.34. The molecule has 1 aromatic rings. The molecule has 0 saturated carbocycles. The van der Waals surface area contributed by atoms with E-state index in [2.05, 4.69) is 21.2 Å². The molecule has 0 spiro atoms. The second-order valence-electron chi connectivity index (χ2n) is 4.48. The third-order valence-electron chi connectivity index (χ3n) is 2.66. The molecular formula is C12H15BrFNO2. The Morgan fingerprint density at radius 1 is 1.53 bits per heavy atom. The van der Waals surface area contributed by atoms with Crippen molar-refractivity contribution in [2.45, 2.75) is 32.4 Å². The first-order valence-electron chi connectivity index (χ1n) is 5.19. The maximum Gasteiger partial charge on any atom is 0.251 e. The first-order chi connectivity index (χ1) is 7.74. The van der Waals surface area contributed by atoms with Crippen LogP contribution < -0.4 is 5.32 Å². The lowest BCUT2D eigenvalue weighted by molar-refractivity contribution is 0.0709. The molecular weight excluding hydrogens is 289 g/mol. The monoisotopic (exact) mass is 303 g/mol. The number of hydrogen-bond donors (Lipinski definition) is 2. The van der Waals surface area contributed by atoms with Crippen molar-refractivity contribution < 1.29 is 14.3 Å². The predicted octanol–water partition coefficient (Wildman–Crippen LogP) is 2.48. The predicted molar refractivity (Wildman–Crippen MR) is 67.3 cm³/mol. The van der Waals surface area contributed by atoms with Gasteiger partial charge in [0.2, 0.25) is 0 Å². The molecule has 1 aromatic carbocycles. The first-order valence-corrected chi connectivity index (χ1v) is 5.99. The molecule has 17 heavy (non-hydrogen) atoms. The van der Waals surface area contributed by atoms with Gasteiger partial charge < -0.3 is 10.4 Å². The van der Waals surface area contributed by atoms with E-state index in [9.17, 15) is 14.3 Å². The quantitative estimate of drug-likeness (QED) is 0.901. The Morgan fingerprint density at radius 3 is 2.59 bits per heavy atom. The van der Waals surface area contributed by atoms with Gasteiger partial charge in [-0.05, 0) is 54.9 Å². The van der Waals surface area contributed by atoms with Crippen molar-refractivity contribution in [3.8, 4) is 0 Å². The molecule has 0 bridgehead atoms. The summed E-state index contributed by atoms with van der Waals surface area (Å²) in [6.45, 7) is 4.98. The van der Waals surface area contributed by atoms with Crippen molar-refractivity contribution in [2.24, 2.45) is 0 Å². The Bertz CT molecular complexity index is 433. The average molecular weight is 304 g/mol. The molecule has 0 fully saturated rings. The van der Waals surface area contributed by atoms with E-state index in [1.165, 1.54) is 12.1 Å². The van der Waals surface area contributed by atoms with Crippen molar-refractivity contribution in [1.29, 1.82) is 0 Å². The lowest BCUT2D eigenvalue weighted by Crippen LogP contribution is -2.51. The molecule has 1 rings (SSSR count). The molecule has 0 aliphatic heterocycles. The summed E-state index contributed by atoms with van der Waals surface area (Å²) >= 11 is 3.02. The molecule has 0 saturated heterocycles. The maximum atomic E-state index is 13.3. The Hall–Kier alpha value is -0.940. The van der Waals surface area contributed by atoms with Gasteiger partial charge in [-0.25, -0.2) is 4.39 Å². The van der Waals surface area contributed by atoms with E-state index in [1.54, 1.807) is 20.8 Å². The van der Waals surface area contributed by atoms with Gasteiger partial charge in [0, 0.05) is 5.56 Å². The molecule has 1 unspecified atom stereocenters. The van der Waals surface area contributed by atoms with Crippen LogP contribution in [0.1, 0.15) is 31.1 Å². The van der Waals surface area contributed by atoms with Crippen LogP contribution >= 0.6 is 15.9 Å². The van der Waals surface area contributed by atoms with Gasteiger partial charge in [-0.15, -0.1) is 0 Å². The van der Waals surface area contributed by atoms with Gasteiger partial charge in [0.15, 0.2) is 0 Å². The van der Waals surface area contributed by atoms with Crippen molar-refractivity contribution in [2.75, 3.05) is 0 Å². The fourth-order valence-electron chi connectivity index (χ4n) is 1.11. The van der Waals surface area contributed by atoms with E-state index < -0.39 is 23.4 Å². The fourth-order valence-corrected chi connectivity index (χ4v) is 1.35. The maximum absolute atomic E-state index is 13.3. The Labute approximate surface area is 108 Å². The number of amides is 1. The zero-order valence-corrected chi connectivity index (χ0v) is 11.5. The minimum atomic E-state index is -0.763. The molecule has 1 amide bonds. The second kappa shape index (κ2) is 5.14. The lowest BCUT2D eigenvalue weighted by atomic mass is 9.98. The summed E-state index contributed by atoms with van der Waals surface area (Å²) in [5.41, 5.74) is -0.542. The molecule has 94 valence electrons. The highest BCUT2D eigenvalue weighted by atomic mass is 79.9. The van der Waals surface area contributed by atoms with E-state index >= 15 is 0 Å². The minimum Gasteiger partial charge on any atom is -0.391 e. The van der Waals surface area contributed by atoms with E-state index in [0.717, 1.165) is 6.07 Å². The van der Waals surface area contributed by atoms with E-state index in [-0.39, 0.29) is 5.56 Å². The molecule has 0 aromatic heterocycles. The van der Waals surface area contributed by atoms with Crippen LogP contribution in [0.5, 0.6) is 0 Å². The smallest absolute Gasteiger partial charge is 0.251 e. The van der Waals surface area contributed by atoms with Gasteiger partial charge in [0.05, 0.1) is 16.1 Å². The number of nitrogens with one attached hydrogen (secondary N) is 1. The number of aliphatic hydroxyl groups is 1. The first kappa shape index (κ1) is 14.1. The highest BCUT2D eigenvalue weighted by molar-refractivity contribution is 9.10. The Morgan fingerprint density at radius 2 is 2.12 bits per heavy atom. The standard InChI is InChI=1S/C12H15BrFNO2/c1-7(16)12(2,3)15-11(17)8-4-5-9(13)10(14)6-8/h4-7,16H,1-3H3,(H,15,17). The van der Waals surface area contributed by atoms with Crippen molar-refractivity contribution in [3.05, 3.63) is 34.1 Å². The van der Waals surface area contributed by atoms with Crippen molar-refractivity contribution in [1.82, 2.24) is 5.32 Å². The van der Waals surface area contributed by atoms with Gasteiger partial charge in [-0.1, -0.05) is 0 Å². The van der Waals surface area contributed by atoms with Crippen LogP contribution in [0.3, 0.4) is 0 Å². The zero-order valence-electron chi connectivity index (χ0n) is 9.92. The van der Waals surface area contributed by atoms with Crippen LogP contribution in [0.2, 0.25) is 0 Å². The van der Waals surface area contributed by atoms with Crippen molar-refractivity contribution in [3.63, 3.8) is 0 Å². The lowest BCUT2D eigenvalue weighted by Gasteiger charge is -2.29. The Kier molecular flexibility index (Phi) is 4.27. The third kappa shape index (κ3) is 3.51. The minimum absolute atomic E-state index is 0.222. The summed E-state index contributed by atoms with van der Waals surface area (Å²) in [6.07, 6.45) is -0.702. The molecule has 0 heterocycles. The highest BCUT2D eigenvalue weighted by Crippen LogP contribution is 2.17. The normalized spacial score (nSPS) is 13.3. The molecule has 0 aliphatic rings. The van der Waals surface area contributed by atoms with Crippen LogP contribution in [0.25, 0.3) is 0 Å². The molecule has 0 radical (unpaired) electrons. The van der Waals surface area contributed by atoms with E-state index in [0.29, 0.717) is 4.47 Å². The van der Waals surface area contributed by atoms with Crippen LogP contribution in [-0.2, 0) is 0 Å². The van der Waals surface area contributed by atoms with Crippen molar-refractivity contribution >= 4 is 21.8 Å². The fraction of sp³-hybridized carbons (Fsp3) is 0.417. The number of aliphatic hydroxyl groups excluding tert-OH is 1. The van der Waals surface area contributed by atoms with E-state index in [1.807, 2.05) is 0 Å². The van der Waals surface area contributed by atoms with E-state index in [4.69, 9.17) is 0 Å². The largest absolute Gasteiger partial charge is 0.391 e. The topological polar surface area (TPSA) is 49.3 Å². The highest BCUT2D eigenvalue weighted by Gasteiger charge is 2.26. The van der Waals surface area contributed by atoms with Crippen LogP contribution in [0.15, 0.2) is 22.7 Å². The summed E-state index contributed by atoms with van der Waals surface area (Å²) < 4.78 is 13.6. The third-order valence-corrected chi connectivity index (χ3v) is 3.31. The van der Waals surface area contributed by atoms with Crippen LogP contribution in [0.4, 0.5) is 4.39 Å². The summed E-state index contributed by atoms with van der Waals surface area (Å²) in [6, 6.07) is 4.14. The van der Waals surface area contributed by atoms with Gasteiger partial charge in [-0.2, -0.15) is 0 Å². The van der Waals surface area contributed by atoms with Gasteiger partial charge >= 0.3 is 0 Å². The number of hydrogen-bond acceptors (Lipinski definition) is 2. The van der Waals surface area contributed by atoms with Gasteiger partial charge in [0.25, 0.3) is 5.91 Å². The zero-order chi connectivity index (χ0) is 13.2. The van der Waals surface area contributed by atoms with Crippen LogP contribution in [0, 0.1) is 5.82 Å². The molecule has 3 nitrogen and oxygen atoms in total. The summed E-state index contributed by atoms with van der Waals surface area (Å²) in [7, 11) is 0. The number of carbonyl (C=O) groups is 1. The summed E-state index contributed by atoms with van der Waals surface area (Å²) in [5.74, 6) is -0.908. The number of halogens is 2. The number of rotatable bonds is 3. The number of carbonyl (C=O) groups excluding carboxylic acids is 1.